The Morgan fingerprint density at radius 2 is 1.60 bits per heavy atom. The number of nitrogens with zero attached hydrogens (tertiary/aromatic N) is 2. The SMILES string of the molecule is CC1CCNC(CN2CCC(CN3CCCC3)CC2)C1. The fourth-order valence-electron chi connectivity index (χ4n) is 4.35. The van der Waals surface area contributed by atoms with Gasteiger partial charge >= 0.3 is 0 Å². The van der Waals surface area contributed by atoms with Gasteiger partial charge in [-0.25, -0.2) is 0 Å². The van der Waals surface area contributed by atoms with E-state index in [4.69, 9.17) is 0 Å². The van der Waals surface area contributed by atoms with Crippen molar-refractivity contribution in [1.82, 2.24) is 15.1 Å². The Morgan fingerprint density at radius 3 is 2.30 bits per heavy atom. The molecule has 0 bridgehead atoms. The molecule has 3 saturated heterocycles. The van der Waals surface area contributed by atoms with Crippen LogP contribution in [0.2, 0.25) is 0 Å². The summed E-state index contributed by atoms with van der Waals surface area (Å²) in [5.74, 6) is 1.90. The number of nitrogens with one attached hydrogen (secondary N) is 1. The van der Waals surface area contributed by atoms with E-state index in [9.17, 15) is 0 Å². The first kappa shape index (κ1) is 14.8. The van der Waals surface area contributed by atoms with Crippen LogP contribution in [0.25, 0.3) is 0 Å². The molecule has 3 aliphatic heterocycles. The standard InChI is InChI=1S/C17H33N3/c1-15-4-7-18-17(12-15)14-20-10-5-16(6-11-20)13-19-8-2-3-9-19/h15-18H,2-14H2,1H3. The predicted octanol–water partition coefficient (Wildman–Crippen LogP) is 2.18. The van der Waals surface area contributed by atoms with Crippen LogP contribution in [-0.4, -0.2) is 61.7 Å². The minimum Gasteiger partial charge on any atom is -0.313 e. The van der Waals surface area contributed by atoms with Gasteiger partial charge in [0.2, 0.25) is 0 Å². The zero-order chi connectivity index (χ0) is 13.8. The van der Waals surface area contributed by atoms with Crippen molar-refractivity contribution in [3.8, 4) is 0 Å². The topological polar surface area (TPSA) is 18.5 Å². The normalized spacial score (nSPS) is 34.6. The van der Waals surface area contributed by atoms with E-state index in [2.05, 4.69) is 22.0 Å². The van der Waals surface area contributed by atoms with E-state index in [0.717, 1.165) is 17.9 Å². The van der Waals surface area contributed by atoms with Crippen LogP contribution in [-0.2, 0) is 0 Å². The van der Waals surface area contributed by atoms with Gasteiger partial charge in [0.15, 0.2) is 0 Å². The molecule has 3 aliphatic rings. The molecule has 2 unspecified atom stereocenters. The van der Waals surface area contributed by atoms with Gasteiger partial charge in [-0.1, -0.05) is 6.92 Å². The van der Waals surface area contributed by atoms with Gasteiger partial charge in [-0.2, -0.15) is 0 Å². The molecule has 20 heavy (non-hydrogen) atoms. The Labute approximate surface area is 125 Å². The minimum atomic E-state index is 0.758. The number of piperidine rings is 2. The van der Waals surface area contributed by atoms with E-state index < -0.39 is 0 Å². The Morgan fingerprint density at radius 1 is 0.900 bits per heavy atom. The number of hydrogen-bond donors (Lipinski definition) is 1. The molecule has 0 amide bonds. The molecule has 3 rings (SSSR count). The zero-order valence-corrected chi connectivity index (χ0v) is 13.3. The highest BCUT2D eigenvalue weighted by atomic mass is 15.2. The van der Waals surface area contributed by atoms with Gasteiger partial charge in [0.25, 0.3) is 0 Å². The number of rotatable bonds is 4. The van der Waals surface area contributed by atoms with Gasteiger partial charge in [-0.05, 0) is 83.1 Å². The summed E-state index contributed by atoms with van der Waals surface area (Å²) in [6.07, 6.45) is 8.48. The van der Waals surface area contributed by atoms with Crippen LogP contribution < -0.4 is 5.32 Å². The molecule has 2 atom stereocenters. The summed E-state index contributed by atoms with van der Waals surface area (Å²) in [7, 11) is 0. The highest BCUT2D eigenvalue weighted by Gasteiger charge is 2.25. The van der Waals surface area contributed by atoms with E-state index >= 15 is 0 Å². The minimum absolute atomic E-state index is 0.758. The van der Waals surface area contributed by atoms with E-state index in [1.807, 2.05) is 0 Å². The largest absolute Gasteiger partial charge is 0.313 e. The molecule has 0 aliphatic carbocycles. The quantitative estimate of drug-likeness (QED) is 0.851. The van der Waals surface area contributed by atoms with Crippen LogP contribution in [0, 0.1) is 11.8 Å². The monoisotopic (exact) mass is 279 g/mol. The molecule has 116 valence electrons. The lowest BCUT2D eigenvalue weighted by Gasteiger charge is -2.37. The van der Waals surface area contributed by atoms with Crippen LogP contribution >= 0.6 is 0 Å². The Bertz CT molecular complexity index is 280. The Hall–Kier alpha value is -0.120. The lowest BCUT2D eigenvalue weighted by Crippen LogP contribution is -2.48. The second kappa shape index (κ2) is 7.24. The van der Waals surface area contributed by atoms with Gasteiger partial charge < -0.3 is 15.1 Å². The highest BCUT2D eigenvalue weighted by molar-refractivity contribution is 4.83. The third-order valence-electron chi connectivity index (χ3n) is 5.66. The molecular weight excluding hydrogens is 246 g/mol. The molecule has 1 N–H and O–H groups in total. The summed E-state index contributed by atoms with van der Waals surface area (Å²) in [5, 5.41) is 3.72. The van der Waals surface area contributed by atoms with Crippen LogP contribution in [0.4, 0.5) is 0 Å². The van der Waals surface area contributed by atoms with Crippen molar-refractivity contribution >= 4 is 0 Å². The molecule has 0 aromatic carbocycles. The van der Waals surface area contributed by atoms with Crippen LogP contribution in [0.3, 0.4) is 0 Å². The molecule has 3 heteroatoms. The molecular formula is C17H33N3. The summed E-state index contributed by atoms with van der Waals surface area (Å²) >= 11 is 0. The fraction of sp³-hybridized carbons (Fsp3) is 1.00. The lowest BCUT2D eigenvalue weighted by atomic mass is 9.92. The molecule has 3 nitrogen and oxygen atoms in total. The number of hydrogen-bond acceptors (Lipinski definition) is 3. The average molecular weight is 279 g/mol. The molecule has 0 radical (unpaired) electrons. The number of likely N-dealkylation sites (tertiary alicyclic amines) is 2. The van der Waals surface area contributed by atoms with Crippen molar-refractivity contribution in [2.75, 3.05) is 45.8 Å². The van der Waals surface area contributed by atoms with Gasteiger partial charge in [-0.15, -0.1) is 0 Å². The third-order valence-corrected chi connectivity index (χ3v) is 5.66. The second-order valence-electron chi connectivity index (χ2n) is 7.53. The maximum atomic E-state index is 3.72. The molecule has 0 saturated carbocycles. The summed E-state index contributed by atoms with van der Waals surface area (Å²) in [5.41, 5.74) is 0. The summed E-state index contributed by atoms with van der Waals surface area (Å²) < 4.78 is 0. The zero-order valence-electron chi connectivity index (χ0n) is 13.3. The second-order valence-corrected chi connectivity index (χ2v) is 7.53. The van der Waals surface area contributed by atoms with Crippen molar-refractivity contribution in [3.63, 3.8) is 0 Å². The molecule has 3 heterocycles. The van der Waals surface area contributed by atoms with Crippen molar-refractivity contribution in [2.45, 2.75) is 51.5 Å². The first-order valence-corrected chi connectivity index (χ1v) is 8.97. The maximum Gasteiger partial charge on any atom is 0.0197 e. The molecule has 0 spiro atoms. The Kier molecular flexibility index (Phi) is 5.36. The van der Waals surface area contributed by atoms with Crippen molar-refractivity contribution < 1.29 is 0 Å². The van der Waals surface area contributed by atoms with Gasteiger partial charge in [-0.3, -0.25) is 0 Å². The van der Waals surface area contributed by atoms with E-state index in [1.165, 1.54) is 84.3 Å². The molecule has 0 aromatic rings. The predicted molar refractivity (Wildman–Crippen MR) is 85.0 cm³/mol. The Balaban J connectivity index is 1.35. The summed E-state index contributed by atoms with van der Waals surface area (Å²) in [6, 6.07) is 0.758. The van der Waals surface area contributed by atoms with Crippen molar-refractivity contribution in [2.24, 2.45) is 11.8 Å². The van der Waals surface area contributed by atoms with E-state index in [1.54, 1.807) is 0 Å². The third kappa shape index (κ3) is 4.19. The van der Waals surface area contributed by atoms with Gasteiger partial charge in [0, 0.05) is 19.1 Å². The van der Waals surface area contributed by atoms with Gasteiger partial charge in [0.1, 0.15) is 0 Å². The average Bonchev–Trinajstić information content (AvgIpc) is 2.94. The molecule has 0 aromatic heterocycles. The van der Waals surface area contributed by atoms with Crippen LogP contribution in [0.5, 0.6) is 0 Å². The van der Waals surface area contributed by atoms with Crippen molar-refractivity contribution in [1.29, 1.82) is 0 Å². The van der Waals surface area contributed by atoms with Gasteiger partial charge in [0.05, 0.1) is 0 Å². The highest BCUT2D eigenvalue weighted by Crippen LogP contribution is 2.22. The van der Waals surface area contributed by atoms with E-state index in [-0.39, 0.29) is 0 Å². The van der Waals surface area contributed by atoms with Crippen molar-refractivity contribution in [3.05, 3.63) is 0 Å². The first-order chi connectivity index (χ1) is 9.79. The first-order valence-electron chi connectivity index (χ1n) is 8.97. The lowest BCUT2D eigenvalue weighted by molar-refractivity contribution is 0.133. The molecule has 3 fully saturated rings. The van der Waals surface area contributed by atoms with Crippen LogP contribution in [0.15, 0.2) is 0 Å². The smallest absolute Gasteiger partial charge is 0.0197 e. The summed E-state index contributed by atoms with van der Waals surface area (Å²) in [4.78, 5) is 5.42. The van der Waals surface area contributed by atoms with E-state index in [0.29, 0.717) is 0 Å². The maximum absolute atomic E-state index is 3.72. The fourth-order valence-corrected chi connectivity index (χ4v) is 4.35. The van der Waals surface area contributed by atoms with Crippen LogP contribution in [0.1, 0.15) is 45.4 Å². The summed E-state index contributed by atoms with van der Waals surface area (Å²) in [6.45, 7) is 11.7.